The Kier molecular flexibility index (Phi) is 7.27. The van der Waals surface area contributed by atoms with Gasteiger partial charge in [-0.25, -0.2) is 4.39 Å². The molecular formula is C25H26FN3O2S. The second kappa shape index (κ2) is 10.5. The first-order valence-corrected chi connectivity index (χ1v) is 11.8. The molecule has 0 radical (unpaired) electrons. The first-order valence-electron chi connectivity index (χ1n) is 10.9. The number of hydrogen-bond donors (Lipinski definition) is 1. The summed E-state index contributed by atoms with van der Waals surface area (Å²) in [5.41, 5.74) is 1.14. The van der Waals surface area contributed by atoms with Gasteiger partial charge in [-0.1, -0.05) is 25.3 Å². The largest absolute Gasteiger partial charge is 0.351 e. The molecule has 4 rings (SSSR count). The molecular weight excluding hydrogens is 425 g/mol. The number of carbonyl (C=O) groups is 2. The highest BCUT2D eigenvalue weighted by atomic mass is 32.1. The fraction of sp³-hybridized carbons (Fsp3) is 0.320. The molecule has 1 aromatic carbocycles. The molecule has 32 heavy (non-hydrogen) atoms. The Hall–Kier alpha value is -3.06. The standard InChI is InChI=1S/C25H26FN3O2S/c26-19-8-10-21(11-9-19)29(23(30)17-22-7-4-16-32-22)24(18-12-14-27-15-13-18)25(31)28-20-5-2-1-3-6-20/h4,7-16,20,24H,1-3,5-6,17H2,(H,28,31). The van der Waals surface area contributed by atoms with Gasteiger partial charge in [0.05, 0.1) is 6.42 Å². The maximum absolute atomic E-state index is 13.7. The summed E-state index contributed by atoms with van der Waals surface area (Å²) in [5.74, 6) is -0.849. The number of amides is 2. The number of benzene rings is 1. The normalized spacial score (nSPS) is 15.2. The number of hydrogen-bond acceptors (Lipinski definition) is 4. The molecule has 1 fully saturated rings. The average molecular weight is 452 g/mol. The molecule has 1 atom stereocenters. The highest BCUT2D eigenvalue weighted by Crippen LogP contribution is 2.30. The Labute approximate surface area is 191 Å². The van der Waals surface area contributed by atoms with Crippen molar-refractivity contribution in [3.63, 3.8) is 0 Å². The lowest BCUT2D eigenvalue weighted by atomic mass is 9.94. The van der Waals surface area contributed by atoms with E-state index >= 15 is 0 Å². The quantitative estimate of drug-likeness (QED) is 0.547. The minimum absolute atomic E-state index is 0.100. The monoisotopic (exact) mass is 451 g/mol. The summed E-state index contributed by atoms with van der Waals surface area (Å²) in [5, 5.41) is 5.09. The first-order chi connectivity index (χ1) is 15.6. The van der Waals surface area contributed by atoms with Crippen LogP contribution in [-0.4, -0.2) is 22.8 Å². The van der Waals surface area contributed by atoms with Gasteiger partial charge in [-0.2, -0.15) is 0 Å². The molecule has 1 aliphatic carbocycles. The molecule has 0 spiro atoms. The molecule has 166 valence electrons. The minimum Gasteiger partial charge on any atom is -0.351 e. The number of rotatable bonds is 7. The highest BCUT2D eigenvalue weighted by Gasteiger charge is 2.34. The lowest BCUT2D eigenvalue weighted by Gasteiger charge is -2.33. The Morgan fingerprint density at radius 3 is 2.44 bits per heavy atom. The Balaban J connectivity index is 1.71. The lowest BCUT2D eigenvalue weighted by Crippen LogP contribution is -2.47. The molecule has 0 saturated heterocycles. The van der Waals surface area contributed by atoms with Crippen molar-refractivity contribution in [3.05, 3.63) is 82.6 Å². The number of pyridine rings is 1. The molecule has 1 saturated carbocycles. The van der Waals surface area contributed by atoms with Crippen LogP contribution < -0.4 is 10.2 Å². The first kappa shape index (κ1) is 22.1. The molecule has 2 aromatic heterocycles. The van der Waals surface area contributed by atoms with Gasteiger partial charge in [-0.15, -0.1) is 11.3 Å². The summed E-state index contributed by atoms with van der Waals surface area (Å²) in [7, 11) is 0. The summed E-state index contributed by atoms with van der Waals surface area (Å²) in [6.45, 7) is 0. The SMILES string of the molecule is O=C(NC1CCCCC1)C(c1ccncc1)N(C(=O)Cc1cccs1)c1ccc(F)cc1. The molecule has 1 unspecified atom stereocenters. The van der Waals surface area contributed by atoms with E-state index in [2.05, 4.69) is 10.3 Å². The van der Waals surface area contributed by atoms with E-state index < -0.39 is 11.9 Å². The second-order valence-corrected chi connectivity index (χ2v) is 9.06. The van der Waals surface area contributed by atoms with Gasteiger partial charge >= 0.3 is 0 Å². The number of halogens is 1. The number of thiophene rings is 1. The van der Waals surface area contributed by atoms with E-state index in [1.54, 1.807) is 36.7 Å². The summed E-state index contributed by atoms with van der Waals surface area (Å²) in [4.78, 5) is 33.6. The second-order valence-electron chi connectivity index (χ2n) is 8.02. The van der Waals surface area contributed by atoms with E-state index in [1.165, 1.54) is 34.8 Å². The van der Waals surface area contributed by atoms with Crippen LogP contribution in [0.1, 0.15) is 48.6 Å². The van der Waals surface area contributed by atoms with E-state index in [9.17, 15) is 14.0 Å². The topological polar surface area (TPSA) is 62.3 Å². The maximum Gasteiger partial charge on any atom is 0.248 e. The molecule has 1 aliphatic rings. The number of nitrogens with one attached hydrogen (secondary N) is 1. The van der Waals surface area contributed by atoms with Gasteiger partial charge in [0.25, 0.3) is 0 Å². The van der Waals surface area contributed by atoms with E-state index in [0.717, 1.165) is 30.6 Å². The van der Waals surface area contributed by atoms with Crippen molar-refractivity contribution < 1.29 is 14.0 Å². The van der Waals surface area contributed by atoms with Crippen molar-refractivity contribution in [1.29, 1.82) is 0 Å². The Morgan fingerprint density at radius 2 is 1.78 bits per heavy atom. The molecule has 3 aromatic rings. The lowest BCUT2D eigenvalue weighted by molar-refractivity contribution is -0.127. The van der Waals surface area contributed by atoms with Crippen molar-refractivity contribution in [2.24, 2.45) is 0 Å². The number of anilines is 1. The van der Waals surface area contributed by atoms with Crippen molar-refractivity contribution in [1.82, 2.24) is 10.3 Å². The van der Waals surface area contributed by atoms with Crippen LogP contribution in [0.5, 0.6) is 0 Å². The van der Waals surface area contributed by atoms with Gasteiger partial charge in [0.15, 0.2) is 0 Å². The van der Waals surface area contributed by atoms with Crippen LogP contribution in [0.15, 0.2) is 66.3 Å². The van der Waals surface area contributed by atoms with Crippen molar-refractivity contribution in [2.75, 3.05) is 4.90 Å². The van der Waals surface area contributed by atoms with E-state index in [-0.39, 0.29) is 24.3 Å². The number of carbonyl (C=O) groups excluding carboxylic acids is 2. The maximum atomic E-state index is 13.7. The fourth-order valence-corrected chi connectivity index (χ4v) is 4.87. The van der Waals surface area contributed by atoms with E-state index in [4.69, 9.17) is 0 Å². The summed E-state index contributed by atoms with van der Waals surface area (Å²) < 4.78 is 13.7. The third-order valence-electron chi connectivity index (χ3n) is 5.76. The van der Waals surface area contributed by atoms with E-state index in [0.29, 0.717) is 11.3 Å². The van der Waals surface area contributed by atoms with Gasteiger partial charge in [0, 0.05) is 29.0 Å². The highest BCUT2D eigenvalue weighted by molar-refractivity contribution is 7.10. The summed E-state index contributed by atoms with van der Waals surface area (Å²) >= 11 is 1.49. The molecule has 5 nitrogen and oxygen atoms in total. The van der Waals surface area contributed by atoms with Crippen LogP contribution in [0.4, 0.5) is 10.1 Å². The van der Waals surface area contributed by atoms with Gasteiger partial charge in [0.2, 0.25) is 11.8 Å². The molecule has 0 bridgehead atoms. The fourth-order valence-electron chi connectivity index (χ4n) is 4.18. The zero-order valence-electron chi connectivity index (χ0n) is 17.7. The molecule has 1 N–H and O–H groups in total. The van der Waals surface area contributed by atoms with E-state index in [1.807, 2.05) is 17.5 Å². The zero-order chi connectivity index (χ0) is 22.3. The van der Waals surface area contributed by atoms with Gasteiger partial charge in [-0.3, -0.25) is 19.5 Å². The Bertz CT molecular complexity index is 1020. The van der Waals surface area contributed by atoms with Gasteiger partial charge in [0.1, 0.15) is 11.9 Å². The average Bonchev–Trinajstić information content (AvgIpc) is 3.32. The van der Waals surface area contributed by atoms with Crippen molar-refractivity contribution in [3.8, 4) is 0 Å². The number of aromatic nitrogens is 1. The predicted octanol–water partition coefficient (Wildman–Crippen LogP) is 5.05. The van der Waals surface area contributed by atoms with Crippen LogP contribution in [0, 0.1) is 5.82 Å². The number of nitrogens with zero attached hydrogens (tertiary/aromatic N) is 2. The van der Waals surface area contributed by atoms with Crippen LogP contribution in [-0.2, 0) is 16.0 Å². The van der Waals surface area contributed by atoms with Crippen LogP contribution in [0.25, 0.3) is 0 Å². The van der Waals surface area contributed by atoms with Gasteiger partial charge in [-0.05, 0) is 66.2 Å². The third-order valence-corrected chi connectivity index (χ3v) is 6.64. The van der Waals surface area contributed by atoms with Crippen molar-refractivity contribution in [2.45, 2.75) is 50.6 Å². The molecule has 7 heteroatoms. The van der Waals surface area contributed by atoms with Crippen molar-refractivity contribution >= 4 is 28.8 Å². The van der Waals surface area contributed by atoms with Crippen LogP contribution in [0.2, 0.25) is 0 Å². The van der Waals surface area contributed by atoms with Crippen LogP contribution >= 0.6 is 11.3 Å². The predicted molar refractivity (Wildman–Crippen MR) is 124 cm³/mol. The molecule has 2 heterocycles. The summed E-state index contributed by atoms with van der Waals surface area (Å²) in [6, 6.07) is 12.2. The van der Waals surface area contributed by atoms with Gasteiger partial charge < -0.3 is 5.32 Å². The minimum atomic E-state index is -0.877. The van der Waals surface area contributed by atoms with Crippen LogP contribution in [0.3, 0.4) is 0 Å². The summed E-state index contributed by atoms with van der Waals surface area (Å²) in [6.07, 6.45) is 8.62. The molecule has 2 amide bonds. The smallest absolute Gasteiger partial charge is 0.248 e. The molecule has 0 aliphatic heterocycles. The Morgan fingerprint density at radius 1 is 1.06 bits per heavy atom. The third kappa shape index (κ3) is 5.40. The zero-order valence-corrected chi connectivity index (χ0v) is 18.6.